The number of pyridine rings is 2. The van der Waals surface area contributed by atoms with Gasteiger partial charge in [0.05, 0.1) is 12.0 Å². The van der Waals surface area contributed by atoms with Crippen LogP contribution < -0.4 is 0 Å². The second-order valence-electron chi connectivity index (χ2n) is 7.13. The fraction of sp³-hybridized carbons (Fsp3) is 0.400. The number of nitrogens with zero attached hydrogens (tertiary/aromatic N) is 4. The first-order valence-corrected chi connectivity index (χ1v) is 9.08. The molecule has 26 heavy (non-hydrogen) atoms. The highest BCUT2D eigenvalue weighted by molar-refractivity contribution is 5.94. The second-order valence-corrected chi connectivity index (χ2v) is 7.13. The smallest absolute Gasteiger partial charge is 0.255 e. The highest BCUT2D eigenvalue weighted by Gasteiger charge is 2.38. The van der Waals surface area contributed by atoms with E-state index in [4.69, 9.17) is 0 Å². The first kappa shape index (κ1) is 16.7. The minimum atomic E-state index is 0.0107. The molecular weight excluding hydrogens is 328 g/mol. The Morgan fingerprint density at radius 2 is 1.81 bits per heavy atom. The SMILES string of the molecule is O=C(c1cccnc1)N1C[C@@H]2CC[C@H](C1)N(C(=O)Cc1cccnc1)C2. The summed E-state index contributed by atoms with van der Waals surface area (Å²) >= 11 is 0. The summed E-state index contributed by atoms with van der Waals surface area (Å²) < 4.78 is 0. The molecular formula is C20H22N4O2. The van der Waals surface area contributed by atoms with E-state index in [1.807, 2.05) is 21.9 Å². The Labute approximate surface area is 152 Å². The molecule has 0 aliphatic carbocycles. The van der Waals surface area contributed by atoms with Gasteiger partial charge in [0.2, 0.25) is 5.91 Å². The summed E-state index contributed by atoms with van der Waals surface area (Å²) in [5.74, 6) is 0.479. The van der Waals surface area contributed by atoms with Crippen LogP contribution in [0.3, 0.4) is 0 Å². The van der Waals surface area contributed by atoms with Crippen molar-refractivity contribution >= 4 is 11.8 Å². The van der Waals surface area contributed by atoms with Gasteiger partial charge in [-0.1, -0.05) is 6.07 Å². The molecule has 2 atom stereocenters. The molecule has 0 N–H and O–H groups in total. The van der Waals surface area contributed by atoms with Gasteiger partial charge in [0.25, 0.3) is 5.91 Å². The van der Waals surface area contributed by atoms with Crippen molar-refractivity contribution in [1.29, 1.82) is 0 Å². The van der Waals surface area contributed by atoms with Crippen LogP contribution in [0.1, 0.15) is 28.8 Å². The van der Waals surface area contributed by atoms with Gasteiger partial charge < -0.3 is 9.80 Å². The van der Waals surface area contributed by atoms with Gasteiger partial charge in [-0.25, -0.2) is 0 Å². The lowest BCUT2D eigenvalue weighted by atomic mass is 9.94. The predicted molar refractivity (Wildman–Crippen MR) is 96.3 cm³/mol. The molecule has 2 bridgehead atoms. The molecule has 3 aliphatic heterocycles. The average Bonchev–Trinajstić information content (AvgIpc) is 3.01. The molecule has 134 valence electrons. The number of amides is 2. The van der Waals surface area contributed by atoms with Gasteiger partial charge in [-0.15, -0.1) is 0 Å². The van der Waals surface area contributed by atoms with E-state index in [0.29, 0.717) is 31.0 Å². The standard InChI is InChI=1S/C20H22N4O2/c25-19(9-15-3-1-7-21-10-15)24-13-16-5-6-18(24)14-23(12-16)20(26)17-4-2-8-22-11-17/h1-4,7-8,10-11,16,18H,5-6,9,12-14H2/t16-,18+/m0/s1. The van der Waals surface area contributed by atoms with E-state index in [9.17, 15) is 9.59 Å². The maximum absolute atomic E-state index is 12.8. The Hall–Kier alpha value is -2.76. The minimum Gasteiger partial charge on any atom is -0.337 e. The second kappa shape index (κ2) is 7.23. The van der Waals surface area contributed by atoms with Crippen LogP contribution in [-0.2, 0) is 11.2 Å². The van der Waals surface area contributed by atoms with Crippen molar-refractivity contribution in [3.8, 4) is 0 Å². The number of carbonyl (C=O) groups is 2. The molecule has 0 aromatic carbocycles. The Morgan fingerprint density at radius 1 is 1.00 bits per heavy atom. The summed E-state index contributed by atoms with van der Waals surface area (Å²) in [4.78, 5) is 37.7. The number of aromatic nitrogens is 2. The van der Waals surface area contributed by atoms with E-state index in [1.165, 1.54) is 0 Å². The summed E-state index contributed by atoms with van der Waals surface area (Å²) in [7, 11) is 0. The molecule has 0 spiro atoms. The molecule has 2 amide bonds. The van der Waals surface area contributed by atoms with Crippen molar-refractivity contribution in [2.75, 3.05) is 19.6 Å². The van der Waals surface area contributed by atoms with Gasteiger partial charge in [-0.3, -0.25) is 19.6 Å². The number of piperidine rings is 1. The van der Waals surface area contributed by atoms with Gasteiger partial charge in [0.1, 0.15) is 0 Å². The van der Waals surface area contributed by atoms with Crippen molar-refractivity contribution in [2.45, 2.75) is 25.3 Å². The van der Waals surface area contributed by atoms with Crippen LogP contribution in [0.2, 0.25) is 0 Å². The maximum Gasteiger partial charge on any atom is 0.255 e. The third-order valence-corrected chi connectivity index (χ3v) is 5.31. The summed E-state index contributed by atoms with van der Waals surface area (Å²) in [5, 5.41) is 0. The lowest BCUT2D eigenvalue weighted by molar-refractivity contribution is -0.134. The van der Waals surface area contributed by atoms with Crippen LogP contribution in [0, 0.1) is 5.92 Å². The monoisotopic (exact) mass is 350 g/mol. The van der Waals surface area contributed by atoms with Gasteiger partial charge in [0.15, 0.2) is 0 Å². The Balaban J connectivity index is 1.48. The molecule has 2 aromatic rings. The molecule has 3 aliphatic rings. The molecule has 5 heterocycles. The molecule has 0 saturated carbocycles. The van der Waals surface area contributed by atoms with E-state index in [-0.39, 0.29) is 17.9 Å². The number of carbonyl (C=O) groups excluding carboxylic acids is 2. The fourth-order valence-corrected chi connectivity index (χ4v) is 4.00. The van der Waals surface area contributed by atoms with Crippen LogP contribution in [0.5, 0.6) is 0 Å². The summed E-state index contributed by atoms with van der Waals surface area (Å²) in [6, 6.07) is 7.46. The minimum absolute atomic E-state index is 0.0107. The predicted octanol–water partition coefficient (Wildman–Crippen LogP) is 1.78. The lowest BCUT2D eigenvalue weighted by Gasteiger charge is -2.36. The summed E-state index contributed by atoms with van der Waals surface area (Å²) in [6.07, 6.45) is 9.13. The average molecular weight is 350 g/mol. The quantitative estimate of drug-likeness (QED) is 0.846. The molecule has 6 heteroatoms. The molecule has 2 aromatic heterocycles. The molecule has 0 radical (unpaired) electrons. The summed E-state index contributed by atoms with van der Waals surface area (Å²) in [6.45, 7) is 2.05. The summed E-state index contributed by atoms with van der Waals surface area (Å²) in [5.41, 5.74) is 1.54. The zero-order chi connectivity index (χ0) is 17.9. The number of fused-ring (bicyclic) bond motifs is 4. The fourth-order valence-electron chi connectivity index (χ4n) is 4.00. The van der Waals surface area contributed by atoms with Crippen LogP contribution in [0.4, 0.5) is 0 Å². The van der Waals surface area contributed by atoms with Gasteiger partial charge in [-0.2, -0.15) is 0 Å². The van der Waals surface area contributed by atoms with Crippen molar-refractivity contribution in [3.63, 3.8) is 0 Å². The lowest BCUT2D eigenvalue weighted by Crippen LogP contribution is -2.48. The largest absolute Gasteiger partial charge is 0.337 e. The Morgan fingerprint density at radius 3 is 2.54 bits per heavy atom. The van der Waals surface area contributed by atoms with Crippen molar-refractivity contribution in [1.82, 2.24) is 19.8 Å². The number of hydrogen-bond acceptors (Lipinski definition) is 4. The number of hydrogen-bond donors (Lipinski definition) is 0. The maximum atomic E-state index is 12.8. The van der Waals surface area contributed by atoms with Crippen molar-refractivity contribution in [3.05, 3.63) is 60.2 Å². The van der Waals surface area contributed by atoms with Crippen LogP contribution in [0.25, 0.3) is 0 Å². The van der Waals surface area contributed by atoms with E-state index in [1.54, 1.807) is 36.9 Å². The Kier molecular flexibility index (Phi) is 4.65. The zero-order valence-electron chi connectivity index (χ0n) is 14.6. The van der Waals surface area contributed by atoms with Crippen LogP contribution in [-0.4, -0.2) is 57.3 Å². The van der Waals surface area contributed by atoms with Crippen LogP contribution in [0.15, 0.2) is 49.1 Å². The Bertz CT molecular complexity index is 781. The zero-order valence-corrected chi connectivity index (χ0v) is 14.6. The van der Waals surface area contributed by atoms with Gasteiger partial charge in [0, 0.05) is 50.5 Å². The van der Waals surface area contributed by atoms with Crippen LogP contribution >= 0.6 is 0 Å². The van der Waals surface area contributed by atoms with E-state index >= 15 is 0 Å². The highest BCUT2D eigenvalue weighted by atomic mass is 16.2. The first-order valence-electron chi connectivity index (χ1n) is 9.08. The van der Waals surface area contributed by atoms with E-state index < -0.39 is 0 Å². The first-order chi connectivity index (χ1) is 12.7. The number of rotatable bonds is 3. The van der Waals surface area contributed by atoms with E-state index in [0.717, 1.165) is 24.9 Å². The topological polar surface area (TPSA) is 66.4 Å². The molecule has 5 rings (SSSR count). The van der Waals surface area contributed by atoms with E-state index in [2.05, 4.69) is 9.97 Å². The molecule has 3 fully saturated rings. The third kappa shape index (κ3) is 3.45. The highest BCUT2D eigenvalue weighted by Crippen LogP contribution is 2.29. The van der Waals surface area contributed by atoms with Gasteiger partial charge in [-0.05, 0) is 42.5 Å². The normalized spacial score (nSPS) is 22.2. The van der Waals surface area contributed by atoms with Crippen molar-refractivity contribution in [2.24, 2.45) is 5.92 Å². The third-order valence-electron chi connectivity index (χ3n) is 5.31. The molecule has 3 saturated heterocycles. The van der Waals surface area contributed by atoms with Gasteiger partial charge >= 0.3 is 0 Å². The molecule has 6 nitrogen and oxygen atoms in total. The molecule has 0 unspecified atom stereocenters. The van der Waals surface area contributed by atoms with Crippen molar-refractivity contribution < 1.29 is 9.59 Å².